The second-order valence-corrected chi connectivity index (χ2v) is 4.61. The molecule has 0 atom stereocenters. The number of ether oxygens (including phenoxy) is 1. The van der Waals surface area contributed by atoms with Crippen LogP contribution >= 0.6 is 0 Å². The Morgan fingerprint density at radius 1 is 1.20 bits per heavy atom. The van der Waals surface area contributed by atoms with Crippen LogP contribution in [0.3, 0.4) is 0 Å². The Morgan fingerprint density at radius 3 is 2.45 bits per heavy atom. The van der Waals surface area contributed by atoms with Gasteiger partial charge >= 0.3 is 0 Å². The average Bonchev–Trinajstić information content (AvgIpc) is 2.47. The number of guanidine groups is 1. The summed E-state index contributed by atoms with van der Waals surface area (Å²) < 4.78 is 5.28. The second-order valence-electron chi connectivity index (χ2n) is 4.61. The molecule has 20 heavy (non-hydrogen) atoms. The van der Waals surface area contributed by atoms with Crippen molar-refractivity contribution in [1.82, 2.24) is 10.6 Å². The van der Waals surface area contributed by atoms with Gasteiger partial charge in [0.1, 0.15) is 0 Å². The first kappa shape index (κ1) is 16.3. The van der Waals surface area contributed by atoms with Gasteiger partial charge in [0, 0.05) is 46.5 Å². The third-order valence-corrected chi connectivity index (χ3v) is 2.88. The van der Waals surface area contributed by atoms with Crippen molar-refractivity contribution >= 4 is 11.6 Å². The van der Waals surface area contributed by atoms with E-state index in [1.165, 1.54) is 11.3 Å². The largest absolute Gasteiger partial charge is 0.380 e. The molecule has 0 saturated carbocycles. The molecule has 5 heteroatoms. The van der Waals surface area contributed by atoms with Crippen LogP contribution in [0.4, 0.5) is 5.69 Å². The van der Waals surface area contributed by atoms with Gasteiger partial charge in [0.15, 0.2) is 5.96 Å². The van der Waals surface area contributed by atoms with Crippen LogP contribution in [0.1, 0.15) is 12.5 Å². The van der Waals surface area contributed by atoms with E-state index in [4.69, 9.17) is 4.74 Å². The van der Waals surface area contributed by atoms with Gasteiger partial charge in [-0.05, 0) is 24.6 Å². The molecular formula is C15H26N4O. The molecule has 0 aromatic heterocycles. The van der Waals surface area contributed by atoms with Crippen molar-refractivity contribution < 1.29 is 4.74 Å². The average molecular weight is 278 g/mol. The number of benzene rings is 1. The maximum absolute atomic E-state index is 5.28. The lowest BCUT2D eigenvalue weighted by molar-refractivity contribution is 0.152. The molecular weight excluding hydrogens is 252 g/mol. The number of nitrogens with zero attached hydrogens (tertiary/aromatic N) is 2. The van der Waals surface area contributed by atoms with Crippen molar-refractivity contribution in [3.63, 3.8) is 0 Å². The van der Waals surface area contributed by atoms with Crippen molar-refractivity contribution in [1.29, 1.82) is 0 Å². The van der Waals surface area contributed by atoms with Gasteiger partial charge in [0.05, 0.1) is 6.61 Å². The summed E-state index contributed by atoms with van der Waals surface area (Å²) in [5, 5.41) is 6.49. The summed E-state index contributed by atoms with van der Waals surface area (Å²) in [6, 6.07) is 8.47. The van der Waals surface area contributed by atoms with Crippen LogP contribution in [0.15, 0.2) is 29.3 Å². The number of aliphatic imine (C=N–C) groups is 1. The van der Waals surface area contributed by atoms with E-state index in [-0.39, 0.29) is 0 Å². The Kier molecular flexibility index (Phi) is 7.50. The van der Waals surface area contributed by atoms with Gasteiger partial charge in [0.25, 0.3) is 0 Å². The zero-order valence-electron chi connectivity index (χ0n) is 12.9. The smallest absolute Gasteiger partial charge is 0.191 e. The summed E-state index contributed by atoms with van der Waals surface area (Å²) >= 11 is 0. The minimum Gasteiger partial charge on any atom is -0.380 e. The van der Waals surface area contributed by atoms with Crippen molar-refractivity contribution in [3.05, 3.63) is 29.8 Å². The standard InChI is InChI=1S/C15H26N4O/c1-5-20-11-10-17-15(16-2)18-12-13-6-8-14(9-7-13)19(3)4/h6-9H,5,10-12H2,1-4H3,(H2,16,17,18). The topological polar surface area (TPSA) is 48.9 Å². The van der Waals surface area contributed by atoms with Gasteiger partial charge in [-0.25, -0.2) is 0 Å². The Morgan fingerprint density at radius 2 is 1.90 bits per heavy atom. The van der Waals surface area contributed by atoms with Crippen LogP contribution in [0.5, 0.6) is 0 Å². The lowest BCUT2D eigenvalue weighted by Gasteiger charge is -2.14. The van der Waals surface area contributed by atoms with Crippen molar-refractivity contribution in [2.75, 3.05) is 45.8 Å². The molecule has 0 bridgehead atoms. The van der Waals surface area contributed by atoms with Gasteiger partial charge in [-0.2, -0.15) is 0 Å². The fourth-order valence-corrected chi connectivity index (χ4v) is 1.70. The minimum absolute atomic E-state index is 0.689. The molecule has 0 fully saturated rings. The molecule has 0 aliphatic rings. The number of hydrogen-bond acceptors (Lipinski definition) is 3. The van der Waals surface area contributed by atoms with Crippen LogP contribution in [0.25, 0.3) is 0 Å². The summed E-state index contributed by atoms with van der Waals surface area (Å²) in [5.41, 5.74) is 2.43. The first-order valence-electron chi connectivity index (χ1n) is 6.96. The summed E-state index contributed by atoms with van der Waals surface area (Å²) in [6.45, 7) is 4.93. The number of anilines is 1. The Balaban J connectivity index is 2.36. The summed E-state index contributed by atoms with van der Waals surface area (Å²) in [4.78, 5) is 6.27. The van der Waals surface area contributed by atoms with Crippen LogP contribution in [0.2, 0.25) is 0 Å². The molecule has 5 nitrogen and oxygen atoms in total. The summed E-state index contributed by atoms with van der Waals surface area (Å²) in [6.07, 6.45) is 0. The highest BCUT2D eigenvalue weighted by molar-refractivity contribution is 5.79. The molecule has 0 spiro atoms. The van der Waals surface area contributed by atoms with Crippen LogP contribution in [-0.2, 0) is 11.3 Å². The molecule has 2 N–H and O–H groups in total. The molecule has 112 valence electrons. The zero-order chi connectivity index (χ0) is 14.8. The first-order chi connectivity index (χ1) is 9.67. The Bertz CT molecular complexity index is 401. The van der Waals surface area contributed by atoms with Crippen molar-refractivity contribution in [2.24, 2.45) is 4.99 Å². The lowest BCUT2D eigenvalue weighted by atomic mass is 10.2. The van der Waals surface area contributed by atoms with E-state index in [2.05, 4.69) is 44.8 Å². The number of hydrogen-bond donors (Lipinski definition) is 2. The van der Waals surface area contributed by atoms with E-state index < -0.39 is 0 Å². The second kappa shape index (κ2) is 9.20. The summed E-state index contributed by atoms with van der Waals surface area (Å²) in [7, 11) is 5.85. The molecule has 0 aliphatic carbocycles. The maximum atomic E-state index is 5.28. The van der Waals surface area contributed by atoms with Crippen molar-refractivity contribution in [2.45, 2.75) is 13.5 Å². The van der Waals surface area contributed by atoms with Crippen molar-refractivity contribution in [3.8, 4) is 0 Å². The van der Waals surface area contributed by atoms with E-state index >= 15 is 0 Å². The summed E-state index contributed by atoms with van der Waals surface area (Å²) in [5.74, 6) is 0.793. The number of nitrogens with one attached hydrogen (secondary N) is 2. The monoisotopic (exact) mass is 278 g/mol. The van der Waals surface area contributed by atoms with Gasteiger partial charge in [0.2, 0.25) is 0 Å². The third-order valence-electron chi connectivity index (χ3n) is 2.88. The zero-order valence-corrected chi connectivity index (χ0v) is 12.9. The molecule has 0 amide bonds. The maximum Gasteiger partial charge on any atom is 0.191 e. The predicted molar refractivity (Wildman–Crippen MR) is 85.5 cm³/mol. The van der Waals surface area contributed by atoms with Gasteiger partial charge in [-0.1, -0.05) is 12.1 Å². The third kappa shape index (κ3) is 5.93. The van der Waals surface area contributed by atoms with E-state index in [9.17, 15) is 0 Å². The van der Waals surface area contributed by atoms with Gasteiger partial charge in [-0.3, -0.25) is 4.99 Å². The molecule has 1 aromatic carbocycles. The van der Waals surface area contributed by atoms with Gasteiger partial charge in [-0.15, -0.1) is 0 Å². The highest BCUT2D eigenvalue weighted by Gasteiger charge is 1.99. The molecule has 0 aliphatic heterocycles. The quantitative estimate of drug-likeness (QED) is 0.450. The predicted octanol–water partition coefficient (Wildman–Crippen LogP) is 1.45. The normalized spacial score (nSPS) is 11.3. The van der Waals surface area contributed by atoms with Crippen LogP contribution in [0, 0.1) is 0 Å². The minimum atomic E-state index is 0.689. The number of rotatable bonds is 7. The molecule has 0 unspecified atom stereocenters. The van der Waals surface area contributed by atoms with E-state index in [1.54, 1.807) is 7.05 Å². The highest BCUT2D eigenvalue weighted by atomic mass is 16.5. The van der Waals surface area contributed by atoms with Crippen LogP contribution in [-0.4, -0.2) is 46.9 Å². The Labute approximate surface area is 122 Å². The lowest BCUT2D eigenvalue weighted by Crippen LogP contribution is -2.38. The SMILES string of the molecule is CCOCCNC(=NC)NCc1ccc(N(C)C)cc1. The highest BCUT2D eigenvalue weighted by Crippen LogP contribution is 2.11. The molecule has 1 aromatic rings. The molecule has 0 saturated heterocycles. The van der Waals surface area contributed by atoms with E-state index in [0.717, 1.165) is 25.7 Å². The molecule has 0 heterocycles. The fourth-order valence-electron chi connectivity index (χ4n) is 1.70. The van der Waals surface area contributed by atoms with E-state index in [1.807, 2.05) is 21.0 Å². The Hall–Kier alpha value is -1.75. The van der Waals surface area contributed by atoms with Crippen LogP contribution < -0.4 is 15.5 Å². The first-order valence-corrected chi connectivity index (χ1v) is 6.96. The van der Waals surface area contributed by atoms with E-state index in [0.29, 0.717) is 6.61 Å². The molecule has 0 radical (unpaired) electrons. The van der Waals surface area contributed by atoms with Gasteiger partial charge < -0.3 is 20.3 Å². The fraction of sp³-hybridized carbons (Fsp3) is 0.533. The molecule has 1 rings (SSSR count).